The molecule has 0 atom stereocenters. The molecule has 3 nitrogen and oxygen atoms in total. The number of rotatable bonds is 4. The highest BCUT2D eigenvalue weighted by molar-refractivity contribution is 5.94. The Kier molecular flexibility index (Phi) is 3.25. The summed E-state index contributed by atoms with van der Waals surface area (Å²) < 4.78 is 5.39. The Morgan fingerprint density at radius 3 is 3.25 bits per heavy atom. The van der Waals surface area contributed by atoms with Gasteiger partial charge in [0.05, 0.1) is 6.61 Å². The summed E-state index contributed by atoms with van der Waals surface area (Å²) in [7, 11) is 0. The van der Waals surface area contributed by atoms with E-state index < -0.39 is 0 Å². The summed E-state index contributed by atoms with van der Waals surface area (Å²) in [6, 6.07) is 5.57. The van der Waals surface area contributed by atoms with E-state index in [1.807, 2.05) is 12.1 Å². The zero-order chi connectivity index (χ0) is 11.4. The number of amides is 1. The van der Waals surface area contributed by atoms with E-state index in [1.165, 1.54) is 0 Å². The Bertz CT molecular complexity index is 412. The average Bonchev–Trinajstić information content (AvgIpc) is 2.76. The molecule has 0 radical (unpaired) electrons. The summed E-state index contributed by atoms with van der Waals surface area (Å²) in [6.45, 7) is 4.96. The van der Waals surface area contributed by atoms with Crippen LogP contribution in [0.25, 0.3) is 0 Å². The topological polar surface area (TPSA) is 38.3 Å². The Balaban J connectivity index is 2.03. The molecule has 0 spiro atoms. The number of carbonyl (C=O) groups is 1. The molecule has 1 aliphatic heterocycles. The normalized spacial score (nSPS) is 12.8. The van der Waals surface area contributed by atoms with Gasteiger partial charge in [0.15, 0.2) is 0 Å². The van der Waals surface area contributed by atoms with E-state index in [4.69, 9.17) is 4.74 Å². The summed E-state index contributed by atoms with van der Waals surface area (Å²) in [5.74, 6) is 0.874. The maximum absolute atomic E-state index is 11.7. The van der Waals surface area contributed by atoms with Gasteiger partial charge in [-0.2, -0.15) is 0 Å². The van der Waals surface area contributed by atoms with Crippen molar-refractivity contribution in [2.24, 2.45) is 0 Å². The van der Waals surface area contributed by atoms with Gasteiger partial charge < -0.3 is 10.1 Å². The Labute approximate surface area is 95.1 Å². The number of hydrogen-bond donors (Lipinski definition) is 1. The third-order valence-corrected chi connectivity index (χ3v) is 2.59. The lowest BCUT2D eigenvalue weighted by atomic mass is 10.1. The molecule has 1 amide bonds. The van der Waals surface area contributed by atoms with Gasteiger partial charge in [0.1, 0.15) is 5.75 Å². The lowest BCUT2D eigenvalue weighted by Crippen LogP contribution is -2.24. The van der Waals surface area contributed by atoms with Gasteiger partial charge in [-0.3, -0.25) is 4.79 Å². The summed E-state index contributed by atoms with van der Waals surface area (Å²) in [5, 5.41) is 2.84. The van der Waals surface area contributed by atoms with Crippen molar-refractivity contribution < 1.29 is 9.53 Å². The lowest BCUT2D eigenvalue weighted by Gasteiger charge is -2.05. The van der Waals surface area contributed by atoms with Crippen LogP contribution < -0.4 is 10.1 Å². The van der Waals surface area contributed by atoms with E-state index in [9.17, 15) is 4.79 Å². The van der Waals surface area contributed by atoms with Gasteiger partial charge in [0.2, 0.25) is 0 Å². The van der Waals surface area contributed by atoms with Crippen LogP contribution in [0.2, 0.25) is 0 Å². The van der Waals surface area contributed by atoms with E-state index in [0.717, 1.165) is 30.8 Å². The number of ether oxygens (including phenoxy) is 1. The molecule has 1 aliphatic rings. The van der Waals surface area contributed by atoms with Crippen LogP contribution in [0.15, 0.2) is 30.9 Å². The maximum Gasteiger partial charge on any atom is 0.251 e. The molecule has 1 aromatic carbocycles. The van der Waals surface area contributed by atoms with Crippen molar-refractivity contribution in [2.45, 2.75) is 12.8 Å². The Morgan fingerprint density at radius 1 is 1.56 bits per heavy atom. The zero-order valence-corrected chi connectivity index (χ0v) is 9.16. The number of benzene rings is 1. The molecule has 0 saturated carbocycles. The van der Waals surface area contributed by atoms with Gasteiger partial charge in [0.25, 0.3) is 5.91 Å². The van der Waals surface area contributed by atoms with Gasteiger partial charge in [0, 0.05) is 18.5 Å². The third kappa shape index (κ3) is 2.24. The predicted molar refractivity (Wildman–Crippen MR) is 62.8 cm³/mol. The summed E-state index contributed by atoms with van der Waals surface area (Å²) >= 11 is 0. The van der Waals surface area contributed by atoms with Gasteiger partial charge in [-0.05, 0) is 30.2 Å². The van der Waals surface area contributed by atoms with Gasteiger partial charge in [-0.25, -0.2) is 0 Å². The second kappa shape index (κ2) is 4.84. The molecule has 0 saturated heterocycles. The smallest absolute Gasteiger partial charge is 0.251 e. The van der Waals surface area contributed by atoms with Crippen LogP contribution in [0.4, 0.5) is 0 Å². The standard InChI is InChI=1S/C13H15NO2/c1-2-3-7-14-13(15)11-4-5-12-10(9-11)6-8-16-12/h2,4-5,9H,1,3,6-8H2,(H,14,15). The molecule has 16 heavy (non-hydrogen) atoms. The highest BCUT2D eigenvalue weighted by atomic mass is 16.5. The quantitative estimate of drug-likeness (QED) is 0.618. The zero-order valence-electron chi connectivity index (χ0n) is 9.16. The van der Waals surface area contributed by atoms with Crippen molar-refractivity contribution >= 4 is 5.91 Å². The minimum atomic E-state index is -0.0310. The Morgan fingerprint density at radius 2 is 2.44 bits per heavy atom. The molecule has 2 rings (SSSR count). The molecule has 1 N–H and O–H groups in total. The van der Waals surface area contributed by atoms with Crippen LogP contribution >= 0.6 is 0 Å². The molecule has 0 unspecified atom stereocenters. The molecule has 0 aromatic heterocycles. The first-order valence-corrected chi connectivity index (χ1v) is 5.46. The summed E-state index contributed by atoms with van der Waals surface area (Å²) in [5.41, 5.74) is 1.82. The summed E-state index contributed by atoms with van der Waals surface area (Å²) in [6.07, 6.45) is 3.47. The molecule has 0 aliphatic carbocycles. The van der Waals surface area contributed by atoms with Crippen molar-refractivity contribution in [1.29, 1.82) is 0 Å². The van der Waals surface area contributed by atoms with Crippen LogP contribution in [-0.4, -0.2) is 19.1 Å². The highest BCUT2D eigenvalue weighted by Gasteiger charge is 2.14. The van der Waals surface area contributed by atoms with Crippen molar-refractivity contribution in [3.63, 3.8) is 0 Å². The molecular weight excluding hydrogens is 202 g/mol. The van der Waals surface area contributed by atoms with Gasteiger partial charge in [-0.1, -0.05) is 6.08 Å². The average molecular weight is 217 g/mol. The molecular formula is C13H15NO2. The first-order chi connectivity index (χ1) is 7.81. The minimum Gasteiger partial charge on any atom is -0.493 e. The molecule has 84 valence electrons. The molecule has 1 heterocycles. The largest absolute Gasteiger partial charge is 0.493 e. The van der Waals surface area contributed by atoms with E-state index in [1.54, 1.807) is 12.1 Å². The number of hydrogen-bond acceptors (Lipinski definition) is 2. The van der Waals surface area contributed by atoms with Crippen molar-refractivity contribution in [1.82, 2.24) is 5.32 Å². The number of carbonyl (C=O) groups excluding carboxylic acids is 1. The number of nitrogens with one attached hydrogen (secondary N) is 1. The second-order valence-corrected chi connectivity index (χ2v) is 3.75. The van der Waals surface area contributed by atoms with Crippen molar-refractivity contribution in [3.8, 4) is 5.75 Å². The number of fused-ring (bicyclic) bond motifs is 1. The van der Waals surface area contributed by atoms with Crippen LogP contribution in [0.5, 0.6) is 5.75 Å². The molecule has 0 fully saturated rings. The minimum absolute atomic E-state index is 0.0310. The van der Waals surface area contributed by atoms with E-state index >= 15 is 0 Å². The van der Waals surface area contributed by atoms with Crippen molar-refractivity contribution in [3.05, 3.63) is 42.0 Å². The van der Waals surface area contributed by atoms with E-state index in [2.05, 4.69) is 11.9 Å². The van der Waals surface area contributed by atoms with Crippen LogP contribution in [-0.2, 0) is 6.42 Å². The molecule has 0 bridgehead atoms. The molecule has 1 aromatic rings. The highest BCUT2D eigenvalue weighted by Crippen LogP contribution is 2.25. The lowest BCUT2D eigenvalue weighted by molar-refractivity contribution is 0.0954. The van der Waals surface area contributed by atoms with E-state index in [0.29, 0.717) is 12.1 Å². The monoisotopic (exact) mass is 217 g/mol. The van der Waals surface area contributed by atoms with E-state index in [-0.39, 0.29) is 5.91 Å². The van der Waals surface area contributed by atoms with Gasteiger partial charge >= 0.3 is 0 Å². The van der Waals surface area contributed by atoms with Gasteiger partial charge in [-0.15, -0.1) is 6.58 Å². The third-order valence-electron chi connectivity index (χ3n) is 2.59. The fourth-order valence-corrected chi connectivity index (χ4v) is 1.72. The van der Waals surface area contributed by atoms with Crippen LogP contribution in [0.3, 0.4) is 0 Å². The predicted octanol–water partition coefficient (Wildman–Crippen LogP) is 1.93. The van der Waals surface area contributed by atoms with Crippen molar-refractivity contribution in [2.75, 3.05) is 13.2 Å². The second-order valence-electron chi connectivity index (χ2n) is 3.75. The first-order valence-electron chi connectivity index (χ1n) is 5.46. The van der Waals surface area contributed by atoms with Crippen LogP contribution in [0.1, 0.15) is 22.3 Å². The maximum atomic E-state index is 11.7. The fourth-order valence-electron chi connectivity index (χ4n) is 1.72. The fraction of sp³-hybridized carbons (Fsp3) is 0.308. The summed E-state index contributed by atoms with van der Waals surface area (Å²) in [4.78, 5) is 11.7. The first kappa shape index (κ1) is 10.7. The van der Waals surface area contributed by atoms with Crippen LogP contribution in [0, 0.1) is 0 Å². The Hall–Kier alpha value is -1.77. The molecule has 3 heteroatoms. The SMILES string of the molecule is C=CCCNC(=O)c1ccc2c(c1)CCO2.